The van der Waals surface area contributed by atoms with Gasteiger partial charge in [-0.3, -0.25) is 9.59 Å². The van der Waals surface area contributed by atoms with E-state index in [1.54, 1.807) is 6.26 Å². The Balaban J connectivity index is 1.51. The number of rotatable bonds is 5. The third kappa shape index (κ3) is 3.26. The number of carbonyl (C=O) groups excluding carboxylic acids is 2. The minimum Gasteiger partial charge on any atom is -0.467 e. The fraction of sp³-hybridized carbons (Fsp3) is 0.400. The summed E-state index contributed by atoms with van der Waals surface area (Å²) in [5, 5.41) is 2.94. The van der Waals surface area contributed by atoms with Gasteiger partial charge < -0.3 is 14.6 Å². The maximum atomic E-state index is 13.0. The number of hydrogen-bond acceptors (Lipinski definition) is 4. The fourth-order valence-electron chi connectivity index (χ4n) is 3.89. The number of fused-ring (bicyclic) bond motifs is 1. The number of hydrogen-bond donors (Lipinski definition) is 1. The number of carbonyl (C=O) groups is 2. The Labute approximate surface area is 157 Å². The molecule has 26 heavy (non-hydrogen) atoms. The van der Waals surface area contributed by atoms with Crippen molar-refractivity contribution in [3.05, 3.63) is 59.5 Å². The van der Waals surface area contributed by atoms with E-state index in [2.05, 4.69) is 5.32 Å². The third-order valence-electron chi connectivity index (χ3n) is 5.35. The molecule has 1 N–H and O–H groups in total. The van der Waals surface area contributed by atoms with E-state index in [0.29, 0.717) is 19.5 Å². The maximum Gasteiger partial charge on any atom is 0.254 e. The van der Waals surface area contributed by atoms with Crippen molar-refractivity contribution in [2.45, 2.75) is 37.9 Å². The molecule has 0 atom stereocenters. The first-order valence-electron chi connectivity index (χ1n) is 8.95. The normalized spacial score (nSPS) is 18.6. The van der Waals surface area contributed by atoms with Crippen molar-refractivity contribution < 1.29 is 14.0 Å². The highest BCUT2D eigenvalue weighted by molar-refractivity contribution is 7.99. The van der Waals surface area contributed by atoms with Crippen LogP contribution in [0.4, 0.5) is 0 Å². The van der Waals surface area contributed by atoms with Crippen molar-refractivity contribution in [1.82, 2.24) is 10.2 Å². The van der Waals surface area contributed by atoms with E-state index in [1.807, 2.05) is 53.1 Å². The van der Waals surface area contributed by atoms with Gasteiger partial charge in [0.2, 0.25) is 5.91 Å². The van der Waals surface area contributed by atoms with Crippen LogP contribution in [0.3, 0.4) is 0 Å². The van der Waals surface area contributed by atoms with E-state index in [-0.39, 0.29) is 11.8 Å². The highest BCUT2D eigenvalue weighted by Crippen LogP contribution is 2.40. The summed E-state index contributed by atoms with van der Waals surface area (Å²) in [5.74, 6) is 2.72. The molecule has 1 saturated heterocycles. The van der Waals surface area contributed by atoms with Crippen LogP contribution in [-0.2, 0) is 17.9 Å². The molecule has 2 aromatic rings. The zero-order valence-corrected chi connectivity index (χ0v) is 15.4. The molecule has 1 aromatic carbocycles. The van der Waals surface area contributed by atoms with Crippen molar-refractivity contribution in [3.8, 4) is 0 Å². The lowest BCUT2D eigenvalue weighted by atomic mass is 9.86. The average Bonchev–Trinajstić information content (AvgIpc) is 3.29. The molecule has 0 saturated carbocycles. The van der Waals surface area contributed by atoms with Crippen molar-refractivity contribution >= 4 is 23.6 Å². The fourth-order valence-corrected chi connectivity index (χ4v) is 5.14. The molecule has 0 spiro atoms. The number of nitrogens with one attached hydrogen (secondary N) is 1. The van der Waals surface area contributed by atoms with Gasteiger partial charge >= 0.3 is 0 Å². The van der Waals surface area contributed by atoms with Gasteiger partial charge in [-0.25, -0.2) is 0 Å². The summed E-state index contributed by atoms with van der Waals surface area (Å²) in [5.41, 5.74) is 1.45. The topological polar surface area (TPSA) is 62.6 Å². The Hall–Kier alpha value is -2.21. The largest absolute Gasteiger partial charge is 0.467 e. The van der Waals surface area contributed by atoms with Gasteiger partial charge in [-0.2, -0.15) is 11.8 Å². The van der Waals surface area contributed by atoms with E-state index in [0.717, 1.165) is 41.2 Å². The van der Waals surface area contributed by atoms with Crippen molar-refractivity contribution in [3.63, 3.8) is 0 Å². The van der Waals surface area contributed by atoms with Gasteiger partial charge in [0.1, 0.15) is 5.76 Å². The molecule has 2 amide bonds. The van der Waals surface area contributed by atoms with Crippen LogP contribution in [0.1, 0.15) is 40.9 Å². The maximum absolute atomic E-state index is 13.0. The van der Waals surface area contributed by atoms with Crippen LogP contribution in [0.2, 0.25) is 0 Å². The van der Waals surface area contributed by atoms with Crippen molar-refractivity contribution in [2.24, 2.45) is 0 Å². The molecule has 3 heterocycles. The molecular formula is C20H22N2O3S. The first-order valence-corrected chi connectivity index (χ1v) is 10.1. The number of amides is 2. The summed E-state index contributed by atoms with van der Waals surface area (Å²) < 4.78 is 5.28. The minimum atomic E-state index is -0.394. The molecule has 0 radical (unpaired) electrons. The lowest BCUT2D eigenvalue weighted by Gasteiger charge is -2.44. The van der Waals surface area contributed by atoms with Gasteiger partial charge in [0, 0.05) is 18.5 Å². The van der Waals surface area contributed by atoms with Crippen molar-refractivity contribution in [2.75, 3.05) is 11.5 Å². The van der Waals surface area contributed by atoms with E-state index in [9.17, 15) is 9.59 Å². The average molecular weight is 370 g/mol. The summed E-state index contributed by atoms with van der Waals surface area (Å²) in [7, 11) is 0. The van der Waals surface area contributed by atoms with Crippen LogP contribution in [0, 0.1) is 0 Å². The van der Waals surface area contributed by atoms with Crippen LogP contribution >= 0.6 is 11.8 Å². The van der Waals surface area contributed by atoms with Gasteiger partial charge in [-0.05, 0) is 48.1 Å². The molecule has 0 aliphatic carbocycles. The summed E-state index contributed by atoms with van der Waals surface area (Å²) in [6.07, 6.45) is 3.65. The predicted molar refractivity (Wildman–Crippen MR) is 101 cm³/mol. The highest BCUT2D eigenvalue weighted by Gasteiger charge is 2.45. The molecule has 2 aliphatic rings. The molecule has 2 aliphatic heterocycles. The molecule has 1 fully saturated rings. The quantitative estimate of drug-likeness (QED) is 0.878. The van der Waals surface area contributed by atoms with Crippen LogP contribution in [0.15, 0.2) is 47.1 Å². The monoisotopic (exact) mass is 370 g/mol. The number of furan rings is 1. The second-order valence-electron chi connectivity index (χ2n) is 6.92. The Kier molecular flexibility index (Phi) is 4.76. The Morgan fingerprint density at radius 2 is 2.00 bits per heavy atom. The first kappa shape index (κ1) is 17.2. The molecule has 0 unspecified atom stereocenters. The van der Waals surface area contributed by atoms with Gasteiger partial charge in [-0.1, -0.05) is 18.2 Å². The summed E-state index contributed by atoms with van der Waals surface area (Å²) >= 11 is 1.89. The Morgan fingerprint density at radius 3 is 2.73 bits per heavy atom. The predicted octanol–water partition coefficient (Wildman–Crippen LogP) is 3.21. The molecule has 0 bridgehead atoms. The van der Waals surface area contributed by atoms with Crippen LogP contribution in [0.25, 0.3) is 0 Å². The summed E-state index contributed by atoms with van der Waals surface area (Å²) in [6, 6.07) is 11.4. The smallest absolute Gasteiger partial charge is 0.254 e. The SMILES string of the molecule is O=C(CC1(N2Cc3ccccc3C2=O)CCSCC1)NCc1ccco1. The molecule has 5 nitrogen and oxygen atoms in total. The second kappa shape index (κ2) is 7.19. The molecule has 6 heteroatoms. The number of thioether (sulfide) groups is 1. The van der Waals surface area contributed by atoms with Gasteiger partial charge in [0.05, 0.1) is 18.3 Å². The molecule has 1 aromatic heterocycles. The van der Waals surface area contributed by atoms with E-state index in [4.69, 9.17) is 4.42 Å². The van der Waals surface area contributed by atoms with Crippen LogP contribution < -0.4 is 5.32 Å². The summed E-state index contributed by atoms with van der Waals surface area (Å²) in [6.45, 7) is 0.982. The van der Waals surface area contributed by atoms with Gasteiger partial charge in [0.25, 0.3) is 5.91 Å². The lowest BCUT2D eigenvalue weighted by molar-refractivity contribution is -0.124. The van der Waals surface area contributed by atoms with E-state index < -0.39 is 5.54 Å². The number of nitrogens with zero attached hydrogens (tertiary/aromatic N) is 1. The van der Waals surface area contributed by atoms with E-state index in [1.165, 1.54) is 0 Å². The minimum absolute atomic E-state index is 0.0305. The third-order valence-corrected chi connectivity index (χ3v) is 6.33. The zero-order chi connectivity index (χ0) is 18.0. The van der Waals surface area contributed by atoms with Gasteiger partial charge in [-0.15, -0.1) is 0 Å². The van der Waals surface area contributed by atoms with Crippen LogP contribution in [0.5, 0.6) is 0 Å². The highest BCUT2D eigenvalue weighted by atomic mass is 32.2. The lowest BCUT2D eigenvalue weighted by Crippen LogP contribution is -2.53. The first-order chi connectivity index (χ1) is 12.7. The Bertz CT molecular complexity index is 797. The van der Waals surface area contributed by atoms with Gasteiger partial charge in [0.15, 0.2) is 0 Å². The standard InChI is InChI=1S/C20H22N2O3S/c23-18(21-13-16-5-3-9-25-16)12-20(7-10-26-11-8-20)22-14-15-4-1-2-6-17(15)19(22)24/h1-6,9H,7-8,10-14H2,(H,21,23). The zero-order valence-electron chi connectivity index (χ0n) is 14.6. The molecular weight excluding hydrogens is 348 g/mol. The second-order valence-corrected chi connectivity index (χ2v) is 8.14. The summed E-state index contributed by atoms with van der Waals surface area (Å²) in [4.78, 5) is 27.6. The van der Waals surface area contributed by atoms with E-state index >= 15 is 0 Å². The van der Waals surface area contributed by atoms with Crippen LogP contribution in [-0.4, -0.2) is 33.8 Å². The molecule has 136 valence electrons. The number of benzene rings is 1. The molecule has 4 rings (SSSR count). The van der Waals surface area contributed by atoms with Crippen molar-refractivity contribution in [1.29, 1.82) is 0 Å². The Morgan fingerprint density at radius 1 is 1.19 bits per heavy atom.